The van der Waals surface area contributed by atoms with E-state index in [-0.39, 0.29) is 0 Å². The lowest BCUT2D eigenvalue weighted by molar-refractivity contribution is 0.464. The Hall–Kier alpha value is -1.55. The molecule has 88 valence electrons. The Bertz CT molecular complexity index is 555. The van der Waals surface area contributed by atoms with Crippen LogP contribution in [-0.4, -0.2) is 4.98 Å². The Labute approximate surface area is 109 Å². The zero-order chi connectivity index (χ0) is 12.4. The average molecular weight is 293 g/mol. The summed E-state index contributed by atoms with van der Waals surface area (Å²) in [6, 6.07) is 7.56. The summed E-state index contributed by atoms with van der Waals surface area (Å²) in [5.74, 6) is 1.18. The molecule has 0 aliphatic heterocycles. The first kappa shape index (κ1) is 11.9. The molecule has 1 heterocycles. The molecule has 2 N–H and O–H groups in total. The lowest BCUT2D eigenvalue weighted by Gasteiger charge is -2.10. The van der Waals surface area contributed by atoms with E-state index in [2.05, 4.69) is 20.9 Å². The van der Waals surface area contributed by atoms with Crippen LogP contribution < -0.4 is 10.5 Å². The molecule has 1 aromatic heterocycles. The molecule has 0 saturated heterocycles. The van der Waals surface area contributed by atoms with Crippen LogP contribution in [0.3, 0.4) is 0 Å². The molecule has 1 aromatic carbocycles. The van der Waals surface area contributed by atoms with Crippen molar-refractivity contribution in [3.63, 3.8) is 0 Å². The van der Waals surface area contributed by atoms with Gasteiger partial charge in [0.05, 0.1) is 5.69 Å². The molecule has 0 unspecified atom stereocenters. The van der Waals surface area contributed by atoms with Crippen molar-refractivity contribution >= 4 is 21.6 Å². The zero-order valence-corrected chi connectivity index (χ0v) is 11.3. The number of aromatic nitrogens is 1. The Morgan fingerprint density at radius 3 is 2.71 bits per heavy atom. The Balaban J connectivity index is 2.31. The quantitative estimate of drug-likeness (QED) is 0.856. The van der Waals surface area contributed by atoms with E-state index in [1.165, 1.54) is 0 Å². The Kier molecular flexibility index (Phi) is 3.33. The van der Waals surface area contributed by atoms with Gasteiger partial charge < -0.3 is 10.5 Å². The van der Waals surface area contributed by atoms with E-state index in [9.17, 15) is 0 Å². The Morgan fingerprint density at radius 2 is 2.00 bits per heavy atom. The number of para-hydroxylation sites is 1. The van der Waals surface area contributed by atoms with Gasteiger partial charge in [-0.05, 0) is 47.0 Å². The number of nitrogen functional groups attached to an aromatic ring is 1. The van der Waals surface area contributed by atoms with Crippen molar-refractivity contribution in [2.24, 2.45) is 0 Å². The third-order valence-electron chi connectivity index (χ3n) is 2.52. The number of rotatable bonds is 2. The number of ether oxygens (including phenoxy) is 1. The third kappa shape index (κ3) is 2.58. The minimum Gasteiger partial charge on any atom is -0.437 e. The minimum atomic E-state index is 0.544. The summed E-state index contributed by atoms with van der Waals surface area (Å²) in [6.07, 6.45) is 1.72. The van der Waals surface area contributed by atoms with E-state index in [0.717, 1.165) is 15.6 Å². The summed E-state index contributed by atoms with van der Waals surface area (Å²) >= 11 is 3.40. The van der Waals surface area contributed by atoms with Gasteiger partial charge in [0.25, 0.3) is 0 Å². The van der Waals surface area contributed by atoms with Crippen molar-refractivity contribution in [3.05, 3.63) is 46.1 Å². The molecule has 0 bridgehead atoms. The van der Waals surface area contributed by atoms with Crippen molar-refractivity contribution < 1.29 is 4.74 Å². The van der Waals surface area contributed by atoms with Crippen molar-refractivity contribution in [1.82, 2.24) is 4.98 Å². The number of hydrogen-bond donors (Lipinski definition) is 1. The fourth-order valence-corrected chi connectivity index (χ4v) is 1.64. The maximum absolute atomic E-state index is 5.94. The fraction of sp³-hybridized carbons (Fsp3) is 0.154. The maximum atomic E-state index is 5.94. The van der Waals surface area contributed by atoms with Gasteiger partial charge in [0.15, 0.2) is 5.75 Å². The molecule has 17 heavy (non-hydrogen) atoms. The number of nitrogens with two attached hydrogens (primary N) is 1. The van der Waals surface area contributed by atoms with Gasteiger partial charge in [0.2, 0.25) is 5.88 Å². The second-order valence-electron chi connectivity index (χ2n) is 3.86. The lowest BCUT2D eigenvalue weighted by atomic mass is 10.2. The first-order valence-electron chi connectivity index (χ1n) is 5.23. The van der Waals surface area contributed by atoms with Gasteiger partial charge in [-0.3, -0.25) is 0 Å². The largest absolute Gasteiger partial charge is 0.437 e. The van der Waals surface area contributed by atoms with Crippen LogP contribution in [0.4, 0.5) is 5.69 Å². The van der Waals surface area contributed by atoms with Gasteiger partial charge in [-0.25, -0.2) is 4.98 Å². The van der Waals surface area contributed by atoms with Crippen molar-refractivity contribution in [3.8, 4) is 11.6 Å². The van der Waals surface area contributed by atoms with Crippen LogP contribution in [0.25, 0.3) is 0 Å². The molecular weight excluding hydrogens is 280 g/mol. The number of anilines is 1. The number of pyridine rings is 1. The van der Waals surface area contributed by atoms with Gasteiger partial charge in [-0.1, -0.05) is 12.1 Å². The van der Waals surface area contributed by atoms with Crippen LogP contribution in [0.1, 0.15) is 11.1 Å². The molecule has 0 saturated carbocycles. The Morgan fingerprint density at radius 1 is 1.24 bits per heavy atom. The minimum absolute atomic E-state index is 0.544. The van der Waals surface area contributed by atoms with Gasteiger partial charge in [-0.15, -0.1) is 0 Å². The smallest absolute Gasteiger partial charge is 0.219 e. The van der Waals surface area contributed by atoms with Gasteiger partial charge in [0.1, 0.15) is 0 Å². The second-order valence-corrected chi connectivity index (χ2v) is 4.71. The van der Waals surface area contributed by atoms with Crippen LogP contribution in [0.2, 0.25) is 0 Å². The summed E-state index contributed by atoms with van der Waals surface area (Å²) < 4.78 is 6.63. The topological polar surface area (TPSA) is 48.1 Å². The SMILES string of the molecule is Cc1cc(Oc2cccc(C)c2N)ncc1Br. The summed E-state index contributed by atoms with van der Waals surface area (Å²) in [5.41, 5.74) is 8.65. The highest BCUT2D eigenvalue weighted by molar-refractivity contribution is 9.10. The second kappa shape index (κ2) is 4.75. The van der Waals surface area contributed by atoms with Gasteiger partial charge >= 0.3 is 0 Å². The molecule has 0 amide bonds. The highest BCUT2D eigenvalue weighted by Crippen LogP contribution is 2.29. The monoisotopic (exact) mass is 292 g/mol. The summed E-state index contributed by atoms with van der Waals surface area (Å²) in [4.78, 5) is 4.18. The van der Waals surface area contributed by atoms with E-state index in [1.807, 2.05) is 38.1 Å². The lowest BCUT2D eigenvalue weighted by Crippen LogP contribution is -1.96. The molecule has 0 aliphatic rings. The van der Waals surface area contributed by atoms with E-state index in [1.54, 1.807) is 6.20 Å². The van der Waals surface area contributed by atoms with Crippen molar-refractivity contribution in [2.45, 2.75) is 13.8 Å². The summed E-state index contributed by atoms with van der Waals surface area (Å²) in [7, 11) is 0. The molecule has 0 aliphatic carbocycles. The van der Waals surface area contributed by atoms with Crippen LogP contribution in [0, 0.1) is 13.8 Å². The van der Waals surface area contributed by atoms with Crippen molar-refractivity contribution in [2.75, 3.05) is 5.73 Å². The predicted molar refractivity (Wildman–Crippen MR) is 72.3 cm³/mol. The number of nitrogens with zero attached hydrogens (tertiary/aromatic N) is 1. The van der Waals surface area contributed by atoms with Gasteiger partial charge in [0, 0.05) is 16.7 Å². The predicted octanol–water partition coefficient (Wildman–Crippen LogP) is 3.84. The van der Waals surface area contributed by atoms with E-state index in [4.69, 9.17) is 10.5 Å². The number of hydrogen-bond acceptors (Lipinski definition) is 3. The maximum Gasteiger partial charge on any atom is 0.219 e. The summed E-state index contributed by atoms with van der Waals surface area (Å²) in [5, 5.41) is 0. The molecule has 4 heteroatoms. The number of halogens is 1. The molecule has 0 fully saturated rings. The van der Waals surface area contributed by atoms with E-state index >= 15 is 0 Å². The van der Waals surface area contributed by atoms with Crippen LogP contribution in [0.15, 0.2) is 34.9 Å². The van der Waals surface area contributed by atoms with E-state index in [0.29, 0.717) is 17.3 Å². The van der Waals surface area contributed by atoms with Crippen LogP contribution >= 0.6 is 15.9 Å². The van der Waals surface area contributed by atoms with Gasteiger partial charge in [-0.2, -0.15) is 0 Å². The number of benzene rings is 1. The van der Waals surface area contributed by atoms with Crippen LogP contribution in [-0.2, 0) is 0 Å². The molecule has 2 rings (SSSR count). The average Bonchev–Trinajstić information content (AvgIpc) is 2.30. The first-order chi connectivity index (χ1) is 8.08. The molecule has 0 atom stereocenters. The summed E-state index contributed by atoms with van der Waals surface area (Å²) in [6.45, 7) is 3.93. The third-order valence-corrected chi connectivity index (χ3v) is 3.35. The van der Waals surface area contributed by atoms with Crippen molar-refractivity contribution in [1.29, 1.82) is 0 Å². The van der Waals surface area contributed by atoms with Crippen LogP contribution in [0.5, 0.6) is 11.6 Å². The highest BCUT2D eigenvalue weighted by Gasteiger charge is 2.06. The zero-order valence-electron chi connectivity index (χ0n) is 9.70. The number of aryl methyl sites for hydroxylation is 2. The highest BCUT2D eigenvalue weighted by atomic mass is 79.9. The standard InChI is InChI=1S/C13H13BrN2O/c1-8-4-3-5-11(13(8)15)17-12-6-9(2)10(14)7-16-12/h3-7H,15H2,1-2H3. The molecule has 3 nitrogen and oxygen atoms in total. The molecule has 2 aromatic rings. The molecule has 0 radical (unpaired) electrons. The van der Waals surface area contributed by atoms with E-state index < -0.39 is 0 Å². The molecule has 0 spiro atoms. The normalized spacial score (nSPS) is 10.3. The fourth-order valence-electron chi connectivity index (χ4n) is 1.42. The first-order valence-corrected chi connectivity index (χ1v) is 6.02. The molecular formula is C13H13BrN2O.